The van der Waals surface area contributed by atoms with E-state index in [1.807, 2.05) is 30.0 Å². The van der Waals surface area contributed by atoms with Crippen LogP contribution >= 0.6 is 35.7 Å². The molecule has 0 radical (unpaired) electrons. The fraction of sp³-hybridized carbons (Fsp3) is 0.611. The third kappa shape index (κ3) is 8.11. The lowest BCUT2D eigenvalue weighted by molar-refractivity contribution is 0.305. The van der Waals surface area contributed by atoms with Crippen molar-refractivity contribution in [3.8, 4) is 17.2 Å². The molecule has 0 aliphatic carbocycles. The minimum Gasteiger partial charge on any atom is -0.496 e. The van der Waals surface area contributed by atoms with Gasteiger partial charge in [0.05, 0.1) is 20.8 Å². The number of methoxy groups -OCH3 is 2. The highest BCUT2D eigenvalue weighted by Gasteiger charge is 2.15. The van der Waals surface area contributed by atoms with Crippen LogP contribution in [0, 0.1) is 0 Å². The van der Waals surface area contributed by atoms with Crippen molar-refractivity contribution < 1.29 is 14.2 Å². The van der Waals surface area contributed by atoms with Gasteiger partial charge < -0.3 is 24.8 Å². The zero-order valence-corrected chi connectivity index (χ0v) is 18.9. The van der Waals surface area contributed by atoms with Crippen molar-refractivity contribution in [3.63, 3.8) is 0 Å². The maximum absolute atomic E-state index is 5.78. The molecule has 1 heterocycles. The molecule has 1 saturated heterocycles. The van der Waals surface area contributed by atoms with E-state index in [2.05, 4.69) is 15.6 Å². The van der Waals surface area contributed by atoms with Crippen molar-refractivity contribution in [2.75, 3.05) is 46.7 Å². The number of hydrogen-bond donors (Lipinski definition) is 2. The number of benzene rings is 1. The van der Waals surface area contributed by atoms with E-state index in [9.17, 15) is 0 Å². The Morgan fingerprint density at radius 3 is 2.42 bits per heavy atom. The number of halogens is 1. The molecular weight excluding hydrogens is 465 g/mol. The molecule has 26 heavy (non-hydrogen) atoms. The van der Waals surface area contributed by atoms with Crippen molar-refractivity contribution in [2.45, 2.75) is 24.5 Å². The topological polar surface area (TPSA) is 64.1 Å². The summed E-state index contributed by atoms with van der Waals surface area (Å²) >= 11 is 2.04. The van der Waals surface area contributed by atoms with Crippen LogP contribution in [0.1, 0.15) is 19.3 Å². The summed E-state index contributed by atoms with van der Waals surface area (Å²) in [6.07, 6.45) is 3.50. The van der Waals surface area contributed by atoms with Crippen molar-refractivity contribution in [1.29, 1.82) is 0 Å². The van der Waals surface area contributed by atoms with Gasteiger partial charge in [-0.1, -0.05) is 0 Å². The Labute approximate surface area is 177 Å². The molecule has 0 amide bonds. The van der Waals surface area contributed by atoms with Crippen LogP contribution in [-0.2, 0) is 0 Å². The van der Waals surface area contributed by atoms with Gasteiger partial charge in [-0.05, 0) is 25.0 Å². The summed E-state index contributed by atoms with van der Waals surface area (Å²) in [4.78, 5) is 4.26. The first-order chi connectivity index (χ1) is 12.2. The standard InChI is InChI=1S/C18H29N3O3S.HI/c1-19-18(21-13-17-6-4-9-25-17)20-7-5-8-24-16-11-14(22-2)10-15(12-16)23-3;/h10-12,17H,4-9,13H2,1-3H3,(H2,19,20,21);1H. The van der Waals surface area contributed by atoms with E-state index in [0.29, 0.717) is 11.9 Å². The number of guanidine groups is 1. The van der Waals surface area contributed by atoms with Gasteiger partial charge >= 0.3 is 0 Å². The molecule has 1 fully saturated rings. The molecule has 1 aliphatic rings. The fourth-order valence-electron chi connectivity index (χ4n) is 2.57. The van der Waals surface area contributed by atoms with Crippen LogP contribution in [0.15, 0.2) is 23.2 Å². The average molecular weight is 495 g/mol. The maximum Gasteiger partial charge on any atom is 0.191 e. The highest BCUT2D eigenvalue weighted by Crippen LogP contribution is 2.27. The van der Waals surface area contributed by atoms with Crippen LogP contribution in [0.4, 0.5) is 0 Å². The summed E-state index contributed by atoms with van der Waals surface area (Å²) in [6, 6.07) is 5.54. The Balaban J connectivity index is 0.00000338. The monoisotopic (exact) mass is 495 g/mol. The summed E-state index contributed by atoms with van der Waals surface area (Å²) < 4.78 is 16.3. The first kappa shape index (κ1) is 23.0. The Morgan fingerprint density at radius 1 is 1.15 bits per heavy atom. The third-order valence-electron chi connectivity index (χ3n) is 3.95. The number of thioether (sulfide) groups is 1. The molecule has 8 heteroatoms. The minimum absolute atomic E-state index is 0. The Bertz CT molecular complexity index is 532. The van der Waals surface area contributed by atoms with Gasteiger partial charge in [0.25, 0.3) is 0 Å². The van der Waals surface area contributed by atoms with Gasteiger partial charge in [-0.2, -0.15) is 11.8 Å². The van der Waals surface area contributed by atoms with Gasteiger partial charge in [-0.15, -0.1) is 24.0 Å². The molecule has 1 aromatic rings. The van der Waals surface area contributed by atoms with E-state index in [4.69, 9.17) is 14.2 Å². The number of nitrogens with zero attached hydrogens (tertiary/aromatic N) is 1. The van der Waals surface area contributed by atoms with Gasteiger partial charge in [0.15, 0.2) is 5.96 Å². The smallest absolute Gasteiger partial charge is 0.191 e. The van der Waals surface area contributed by atoms with E-state index in [0.717, 1.165) is 42.7 Å². The molecule has 0 spiro atoms. The van der Waals surface area contributed by atoms with Gasteiger partial charge in [0, 0.05) is 43.6 Å². The minimum atomic E-state index is 0. The van der Waals surface area contributed by atoms with E-state index in [-0.39, 0.29) is 24.0 Å². The van der Waals surface area contributed by atoms with Crippen molar-refractivity contribution >= 4 is 41.7 Å². The van der Waals surface area contributed by atoms with Crippen molar-refractivity contribution in [1.82, 2.24) is 10.6 Å². The quantitative estimate of drug-likeness (QED) is 0.238. The van der Waals surface area contributed by atoms with E-state index >= 15 is 0 Å². The fourth-order valence-corrected chi connectivity index (χ4v) is 3.77. The van der Waals surface area contributed by atoms with Crippen molar-refractivity contribution in [3.05, 3.63) is 18.2 Å². The van der Waals surface area contributed by atoms with E-state index in [1.165, 1.54) is 18.6 Å². The van der Waals surface area contributed by atoms with Crippen LogP contribution in [0.5, 0.6) is 17.2 Å². The Kier molecular flexibility index (Phi) is 11.7. The van der Waals surface area contributed by atoms with E-state index in [1.54, 1.807) is 21.3 Å². The molecule has 1 atom stereocenters. The third-order valence-corrected chi connectivity index (χ3v) is 5.35. The maximum atomic E-state index is 5.78. The predicted octanol–water partition coefficient (Wildman–Crippen LogP) is 3.15. The van der Waals surface area contributed by atoms with Gasteiger partial charge in [-0.3, -0.25) is 4.99 Å². The summed E-state index contributed by atoms with van der Waals surface area (Å²) in [5, 5.41) is 7.43. The molecule has 0 saturated carbocycles. The second-order valence-corrected chi connectivity index (χ2v) is 7.17. The molecule has 0 bridgehead atoms. The highest BCUT2D eigenvalue weighted by atomic mass is 127. The molecule has 2 N–H and O–H groups in total. The predicted molar refractivity (Wildman–Crippen MR) is 120 cm³/mol. The second-order valence-electron chi connectivity index (χ2n) is 5.77. The zero-order chi connectivity index (χ0) is 17.9. The van der Waals surface area contributed by atoms with Crippen LogP contribution in [0.3, 0.4) is 0 Å². The summed E-state index contributed by atoms with van der Waals surface area (Å²) in [7, 11) is 5.06. The van der Waals surface area contributed by atoms with Crippen LogP contribution in [0.25, 0.3) is 0 Å². The second kappa shape index (κ2) is 13.2. The number of ether oxygens (including phenoxy) is 3. The van der Waals surface area contributed by atoms with Crippen LogP contribution in [0.2, 0.25) is 0 Å². The van der Waals surface area contributed by atoms with Crippen molar-refractivity contribution in [2.24, 2.45) is 4.99 Å². The normalized spacial score (nSPS) is 16.6. The molecule has 1 aromatic carbocycles. The van der Waals surface area contributed by atoms with Gasteiger partial charge in [-0.25, -0.2) is 0 Å². The highest BCUT2D eigenvalue weighted by molar-refractivity contribution is 14.0. The SMILES string of the molecule is CN=C(NCCCOc1cc(OC)cc(OC)c1)NCC1CCCS1.I. The number of nitrogens with one attached hydrogen (secondary N) is 2. The first-order valence-electron chi connectivity index (χ1n) is 8.67. The van der Waals surface area contributed by atoms with Crippen LogP contribution < -0.4 is 24.8 Å². The van der Waals surface area contributed by atoms with Gasteiger partial charge in [0.2, 0.25) is 0 Å². The summed E-state index contributed by atoms with van der Waals surface area (Å²) in [5.74, 6) is 4.33. The lowest BCUT2D eigenvalue weighted by Crippen LogP contribution is -2.40. The number of hydrogen-bond acceptors (Lipinski definition) is 5. The summed E-state index contributed by atoms with van der Waals surface area (Å²) in [5.41, 5.74) is 0. The Morgan fingerprint density at radius 2 is 1.85 bits per heavy atom. The average Bonchev–Trinajstić information content (AvgIpc) is 3.17. The molecular formula is C18H30IN3O3S. The molecule has 148 valence electrons. The van der Waals surface area contributed by atoms with Crippen LogP contribution in [-0.4, -0.2) is 57.9 Å². The molecule has 2 rings (SSSR count). The molecule has 1 unspecified atom stereocenters. The lowest BCUT2D eigenvalue weighted by Gasteiger charge is -2.15. The largest absolute Gasteiger partial charge is 0.496 e. The summed E-state index contributed by atoms with van der Waals surface area (Å²) in [6.45, 7) is 2.39. The molecule has 1 aliphatic heterocycles. The number of rotatable bonds is 9. The number of aliphatic imine (C=N–C) groups is 1. The van der Waals surface area contributed by atoms with E-state index < -0.39 is 0 Å². The molecule has 0 aromatic heterocycles. The lowest BCUT2D eigenvalue weighted by atomic mass is 10.2. The molecule has 6 nitrogen and oxygen atoms in total. The van der Waals surface area contributed by atoms with Gasteiger partial charge in [0.1, 0.15) is 17.2 Å². The zero-order valence-electron chi connectivity index (χ0n) is 15.7. The first-order valence-corrected chi connectivity index (χ1v) is 9.72. The Hall–Kier alpha value is -1.03.